The lowest BCUT2D eigenvalue weighted by molar-refractivity contribution is -0.136. The number of fused-ring (bicyclic) bond motifs is 4. The van der Waals surface area contributed by atoms with Gasteiger partial charge in [-0.3, -0.25) is 44.3 Å². The van der Waals surface area contributed by atoms with Crippen molar-refractivity contribution >= 4 is 57.8 Å². The molecule has 4 aliphatic heterocycles. The molecule has 3 aromatic rings. The Morgan fingerprint density at radius 2 is 1.86 bits per heavy atom. The maximum atomic E-state index is 13.1. The van der Waals surface area contributed by atoms with Crippen LogP contribution in [0.4, 0.5) is 11.4 Å². The second-order valence-corrected chi connectivity index (χ2v) is 14.2. The summed E-state index contributed by atoms with van der Waals surface area (Å²) in [6.45, 7) is 2.87. The maximum Gasteiger partial charge on any atom is 0.262 e. The summed E-state index contributed by atoms with van der Waals surface area (Å²) in [5, 5.41) is 5.59. The van der Waals surface area contributed by atoms with Crippen molar-refractivity contribution in [3.63, 3.8) is 0 Å². The van der Waals surface area contributed by atoms with E-state index in [1.165, 1.54) is 12.1 Å². The number of allylic oxidation sites excluding steroid dienone is 1. The second kappa shape index (κ2) is 12.9. The van der Waals surface area contributed by atoms with E-state index in [4.69, 9.17) is 15.7 Å². The Morgan fingerprint density at radius 3 is 2.62 bits per heavy atom. The zero-order valence-electron chi connectivity index (χ0n) is 28.0. The minimum Gasteiger partial charge on any atom is -0.404 e. The lowest BCUT2D eigenvalue weighted by atomic mass is 9.78. The number of aromatic nitrogens is 2. The SMILES string of the molecule is CN1CC2CC1CN2c1ccc2ncc(C(C=NC3CC(CCCNc4ccc5c(c4)C(=O)N(C4CCC(=O)NC4=O)C5=O)C3)=CN)nc2c1. The first-order chi connectivity index (χ1) is 24.2. The normalized spacial score (nSPS) is 26.7. The van der Waals surface area contributed by atoms with E-state index in [0.717, 1.165) is 72.5 Å². The first kappa shape index (κ1) is 32.1. The number of rotatable bonds is 10. The standard InChI is InChI=1S/C37H41N9O4/c1-44-19-27-14-26(44)20-45(27)25-5-7-30-31(15-25)42-32(18-41-30)22(16-38)17-40-24-11-21(12-24)3-2-10-39-23-4-6-28-29(13-23)37(50)46(36(28)49)33-8-9-34(47)43-35(33)48/h4-7,13,15-18,21,24,26-27,33,39H,2-3,8-12,14,19-20,38H2,1H3,(H,43,47,48). The van der Waals surface area contributed by atoms with Gasteiger partial charge in [0.15, 0.2) is 0 Å². The van der Waals surface area contributed by atoms with Crippen LogP contribution < -0.4 is 21.3 Å². The highest BCUT2D eigenvalue weighted by atomic mass is 16.2. The predicted octanol–water partition coefficient (Wildman–Crippen LogP) is 2.97. The van der Waals surface area contributed by atoms with Gasteiger partial charge in [0.25, 0.3) is 11.8 Å². The molecule has 1 aromatic heterocycles. The number of imide groups is 2. The zero-order valence-corrected chi connectivity index (χ0v) is 28.0. The van der Waals surface area contributed by atoms with Crippen LogP contribution in [-0.2, 0) is 9.59 Å². The monoisotopic (exact) mass is 675 g/mol. The van der Waals surface area contributed by atoms with E-state index in [2.05, 4.69) is 50.7 Å². The van der Waals surface area contributed by atoms with Crippen LogP contribution in [0.25, 0.3) is 16.6 Å². The Bertz CT molecular complexity index is 1950. The van der Waals surface area contributed by atoms with Crippen molar-refractivity contribution in [2.24, 2.45) is 16.6 Å². The third-order valence-electron chi connectivity index (χ3n) is 11.0. The Labute approximate surface area is 290 Å². The smallest absolute Gasteiger partial charge is 0.262 e. The minimum absolute atomic E-state index is 0.0932. The molecular weight excluding hydrogens is 634 g/mol. The van der Waals surface area contributed by atoms with Gasteiger partial charge >= 0.3 is 0 Å². The van der Waals surface area contributed by atoms with Crippen molar-refractivity contribution < 1.29 is 19.2 Å². The van der Waals surface area contributed by atoms with Gasteiger partial charge in [0, 0.05) is 67.5 Å². The average molecular weight is 676 g/mol. The molecule has 13 nitrogen and oxygen atoms in total. The van der Waals surface area contributed by atoms with Gasteiger partial charge < -0.3 is 16.0 Å². The summed E-state index contributed by atoms with van der Waals surface area (Å²) in [5.41, 5.74) is 11.7. The molecule has 5 heterocycles. The summed E-state index contributed by atoms with van der Waals surface area (Å²) in [7, 11) is 2.21. The van der Waals surface area contributed by atoms with E-state index in [9.17, 15) is 19.2 Å². The van der Waals surface area contributed by atoms with Gasteiger partial charge in [-0.15, -0.1) is 0 Å². The summed E-state index contributed by atoms with van der Waals surface area (Å²) in [6, 6.07) is 11.9. The fraction of sp³-hybridized carbons (Fsp3) is 0.432. The van der Waals surface area contributed by atoms with Gasteiger partial charge in [0.05, 0.1) is 40.1 Å². The van der Waals surface area contributed by atoms with Gasteiger partial charge in [0.1, 0.15) is 6.04 Å². The van der Waals surface area contributed by atoms with Gasteiger partial charge in [-0.2, -0.15) is 0 Å². The molecule has 3 unspecified atom stereocenters. The Hall–Kier alpha value is -5.17. The number of carbonyl (C=O) groups is 4. The van der Waals surface area contributed by atoms with E-state index in [1.807, 2.05) is 6.21 Å². The molecule has 3 saturated heterocycles. The molecule has 5 aliphatic rings. The molecule has 0 radical (unpaired) electrons. The first-order valence-electron chi connectivity index (χ1n) is 17.5. The van der Waals surface area contributed by atoms with Crippen LogP contribution in [0, 0.1) is 5.92 Å². The van der Waals surface area contributed by atoms with Gasteiger partial charge in [-0.25, -0.2) is 4.98 Å². The van der Waals surface area contributed by atoms with E-state index < -0.39 is 29.7 Å². The number of nitrogens with zero attached hydrogens (tertiary/aromatic N) is 6. The number of aliphatic imine (C=N–C) groups is 1. The summed E-state index contributed by atoms with van der Waals surface area (Å²) in [6.07, 6.45) is 10.6. The molecule has 13 heteroatoms. The molecule has 2 bridgehead atoms. The average Bonchev–Trinajstić information content (AvgIpc) is 3.75. The molecule has 1 aliphatic carbocycles. The molecule has 4 amide bonds. The van der Waals surface area contributed by atoms with E-state index >= 15 is 0 Å². The fourth-order valence-corrected chi connectivity index (χ4v) is 8.14. The summed E-state index contributed by atoms with van der Waals surface area (Å²) in [4.78, 5) is 70.2. The van der Waals surface area contributed by atoms with E-state index in [0.29, 0.717) is 23.7 Å². The van der Waals surface area contributed by atoms with Crippen LogP contribution in [0.2, 0.25) is 0 Å². The number of nitrogens with two attached hydrogens (primary N) is 1. The molecule has 4 N–H and O–H groups in total. The Morgan fingerprint density at radius 1 is 1.02 bits per heavy atom. The van der Waals surface area contributed by atoms with Crippen LogP contribution in [0.5, 0.6) is 0 Å². The lowest BCUT2D eigenvalue weighted by Gasteiger charge is -2.33. The lowest BCUT2D eigenvalue weighted by Crippen LogP contribution is -2.54. The van der Waals surface area contributed by atoms with Crippen LogP contribution in [-0.4, -0.2) is 100 Å². The number of amides is 4. The molecule has 8 rings (SSSR count). The van der Waals surface area contributed by atoms with Crippen LogP contribution >= 0.6 is 0 Å². The number of hydrogen-bond donors (Lipinski definition) is 3. The predicted molar refractivity (Wildman–Crippen MR) is 190 cm³/mol. The quantitative estimate of drug-likeness (QED) is 0.165. The molecule has 258 valence electrons. The van der Waals surface area contributed by atoms with Crippen molar-refractivity contribution in [2.45, 2.75) is 69.1 Å². The summed E-state index contributed by atoms with van der Waals surface area (Å²) in [5.74, 6) is -1.42. The molecule has 0 spiro atoms. The summed E-state index contributed by atoms with van der Waals surface area (Å²) < 4.78 is 0. The molecular formula is C37H41N9O4. The topological polar surface area (TPSA) is 166 Å². The molecule has 4 fully saturated rings. The third-order valence-corrected chi connectivity index (χ3v) is 11.0. The number of likely N-dealkylation sites (N-methyl/N-ethyl adjacent to an activating group) is 1. The number of hydrogen-bond acceptors (Lipinski definition) is 11. The zero-order chi connectivity index (χ0) is 34.5. The van der Waals surface area contributed by atoms with E-state index in [1.54, 1.807) is 30.6 Å². The Kier molecular flexibility index (Phi) is 8.30. The number of benzene rings is 2. The van der Waals surface area contributed by atoms with Crippen molar-refractivity contribution in [1.82, 2.24) is 25.1 Å². The van der Waals surface area contributed by atoms with Gasteiger partial charge in [-0.05, 0) is 87.9 Å². The number of likely N-dealkylation sites (tertiary alicyclic amines) is 1. The third kappa shape index (κ3) is 5.89. The number of piperidine rings is 1. The first-order valence-corrected chi connectivity index (χ1v) is 17.5. The molecule has 3 atom stereocenters. The molecule has 2 aromatic carbocycles. The van der Waals surface area contributed by atoms with Gasteiger partial charge in [-0.1, -0.05) is 0 Å². The van der Waals surface area contributed by atoms with Crippen molar-refractivity contribution in [3.8, 4) is 0 Å². The van der Waals surface area contributed by atoms with Crippen molar-refractivity contribution in [3.05, 3.63) is 65.6 Å². The molecule has 1 saturated carbocycles. The highest BCUT2D eigenvalue weighted by Gasteiger charge is 2.45. The Balaban J connectivity index is 0.804. The minimum atomic E-state index is -0.969. The van der Waals surface area contributed by atoms with Crippen LogP contribution in [0.3, 0.4) is 0 Å². The highest BCUT2D eigenvalue weighted by molar-refractivity contribution is 6.23. The maximum absolute atomic E-state index is 13.1. The molecule has 50 heavy (non-hydrogen) atoms. The summed E-state index contributed by atoms with van der Waals surface area (Å²) >= 11 is 0. The fourth-order valence-electron chi connectivity index (χ4n) is 8.14. The number of nitrogens with one attached hydrogen (secondary N) is 2. The number of carbonyl (C=O) groups excluding carboxylic acids is 4. The van der Waals surface area contributed by atoms with Crippen LogP contribution in [0.1, 0.15) is 71.4 Å². The van der Waals surface area contributed by atoms with E-state index in [-0.39, 0.29) is 30.0 Å². The van der Waals surface area contributed by atoms with Crippen molar-refractivity contribution in [1.29, 1.82) is 0 Å². The number of piperazine rings is 1. The van der Waals surface area contributed by atoms with Crippen molar-refractivity contribution in [2.75, 3.05) is 36.9 Å². The highest BCUT2D eigenvalue weighted by Crippen LogP contribution is 2.36. The second-order valence-electron chi connectivity index (χ2n) is 14.2. The van der Waals surface area contributed by atoms with Gasteiger partial charge in [0.2, 0.25) is 11.8 Å². The largest absolute Gasteiger partial charge is 0.404 e. The van der Waals surface area contributed by atoms with Crippen LogP contribution in [0.15, 0.2) is 53.8 Å². The number of anilines is 2.